The lowest BCUT2D eigenvalue weighted by atomic mass is 10.1. The van der Waals surface area contributed by atoms with Gasteiger partial charge in [-0.05, 0) is 12.8 Å². The van der Waals surface area contributed by atoms with Crippen molar-refractivity contribution in [1.82, 2.24) is 15.5 Å². The zero-order chi connectivity index (χ0) is 13.5. The summed E-state index contributed by atoms with van der Waals surface area (Å²) in [6, 6.07) is -0.348. The summed E-state index contributed by atoms with van der Waals surface area (Å²) in [5.41, 5.74) is 0. The van der Waals surface area contributed by atoms with Crippen LogP contribution in [0, 0.1) is 0 Å². The number of morpholine rings is 1. The highest BCUT2D eigenvalue weighted by Crippen LogP contribution is 2.09. The first-order chi connectivity index (χ1) is 9.25. The first-order valence-electron chi connectivity index (χ1n) is 7.13. The van der Waals surface area contributed by atoms with E-state index in [2.05, 4.69) is 15.5 Å². The lowest BCUT2D eigenvalue weighted by molar-refractivity contribution is -0.128. The molecule has 0 radical (unpaired) electrons. The minimum absolute atomic E-state index is 0.00849. The van der Waals surface area contributed by atoms with Crippen molar-refractivity contribution in [3.63, 3.8) is 0 Å². The molecule has 108 valence electrons. The molecule has 2 saturated heterocycles. The SMILES string of the molecule is O=C1CCCCC(C(=O)NCCN2CCOCC2)N1. The molecule has 0 aliphatic carbocycles. The topological polar surface area (TPSA) is 70.7 Å². The van der Waals surface area contributed by atoms with Gasteiger partial charge in [0.1, 0.15) is 6.04 Å². The minimum atomic E-state index is -0.348. The third kappa shape index (κ3) is 4.80. The molecule has 2 fully saturated rings. The second kappa shape index (κ2) is 7.45. The van der Waals surface area contributed by atoms with E-state index in [1.54, 1.807) is 0 Å². The molecule has 2 rings (SSSR count). The molecule has 0 aromatic carbocycles. The van der Waals surface area contributed by atoms with E-state index in [4.69, 9.17) is 4.74 Å². The van der Waals surface area contributed by atoms with E-state index in [0.29, 0.717) is 13.0 Å². The highest BCUT2D eigenvalue weighted by Gasteiger charge is 2.22. The van der Waals surface area contributed by atoms with Gasteiger partial charge in [0, 0.05) is 32.6 Å². The lowest BCUT2D eigenvalue weighted by Crippen LogP contribution is -2.48. The second-order valence-corrected chi connectivity index (χ2v) is 5.11. The monoisotopic (exact) mass is 269 g/mol. The van der Waals surface area contributed by atoms with Gasteiger partial charge in [-0.3, -0.25) is 14.5 Å². The van der Waals surface area contributed by atoms with Gasteiger partial charge in [0.25, 0.3) is 0 Å². The summed E-state index contributed by atoms with van der Waals surface area (Å²) < 4.78 is 5.27. The van der Waals surface area contributed by atoms with Crippen molar-refractivity contribution < 1.29 is 14.3 Å². The average molecular weight is 269 g/mol. The van der Waals surface area contributed by atoms with E-state index in [9.17, 15) is 9.59 Å². The van der Waals surface area contributed by atoms with Crippen LogP contribution in [0.2, 0.25) is 0 Å². The van der Waals surface area contributed by atoms with Gasteiger partial charge in [0.2, 0.25) is 11.8 Å². The lowest BCUT2D eigenvalue weighted by Gasteiger charge is -2.26. The standard InChI is InChI=1S/C13H23N3O3/c17-12-4-2-1-3-11(15-12)13(18)14-5-6-16-7-9-19-10-8-16/h11H,1-10H2,(H,14,18)(H,15,17). The van der Waals surface area contributed by atoms with Crippen LogP contribution < -0.4 is 10.6 Å². The molecule has 0 saturated carbocycles. The Bertz CT molecular complexity index is 316. The maximum atomic E-state index is 12.0. The molecule has 2 heterocycles. The Kier molecular flexibility index (Phi) is 5.60. The van der Waals surface area contributed by atoms with Crippen LogP contribution in [0.3, 0.4) is 0 Å². The smallest absolute Gasteiger partial charge is 0.242 e. The molecular formula is C13H23N3O3. The van der Waals surface area contributed by atoms with Crippen molar-refractivity contribution >= 4 is 11.8 Å². The number of hydrogen-bond donors (Lipinski definition) is 2. The molecule has 2 amide bonds. The van der Waals surface area contributed by atoms with Gasteiger partial charge in [0.05, 0.1) is 13.2 Å². The van der Waals surface area contributed by atoms with Crippen LogP contribution >= 0.6 is 0 Å². The summed E-state index contributed by atoms with van der Waals surface area (Å²) in [5.74, 6) is -0.0608. The molecule has 0 spiro atoms. The summed E-state index contributed by atoms with van der Waals surface area (Å²) in [5, 5.41) is 5.69. The van der Waals surface area contributed by atoms with Gasteiger partial charge >= 0.3 is 0 Å². The molecule has 1 unspecified atom stereocenters. The molecule has 2 N–H and O–H groups in total. The minimum Gasteiger partial charge on any atom is -0.379 e. The maximum absolute atomic E-state index is 12.0. The van der Waals surface area contributed by atoms with Crippen molar-refractivity contribution in [1.29, 1.82) is 0 Å². The van der Waals surface area contributed by atoms with Crippen LogP contribution in [-0.4, -0.2) is 62.1 Å². The summed E-state index contributed by atoms with van der Waals surface area (Å²) in [7, 11) is 0. The first-order valence-corrected chi connectivity index (χ1v) is 7.13. The largest absolute Gasteiger partial charge is 0.379 e. The molecule has 0 aromatic heterocycles. The van der Waals surface area contributed by atoms with E-state index in [0.717, 1.165) is 52.1 Å². The Morgan fingerprint density at radius 1 is 1.37 bits per heavy atom. The summed E-state index contributed by atoms with van der Waals surface area (Å²) in [6.07, 6.45) is 3.09. The number of rotatable bonds is 4. The van der Waals surface area contributed by atoms with Crippen molar-refractivity contribution in [2.45, 2.75) is 31.7 Å². The number of carbonyl (C=O) groups excluding carboxylic acids is 2. The van der Waals surface area contributed by atoms with Crippen LogP contribution in [0.1, 0.15) is 25.7 Å². The van der Waals surface area contributed by atoms with Crippen LogP contribution in [0.5, 0.6) is 0 Å². The van der Waals surface area contributed by atoms with Crippen LogP contribution in [0.15, 0.2) is 0 Å². The average Bonchev–Trinajstić information content (AvgIpc) is 2.64. The Labute approximate surface area is 113 Å². The van der Waals surface area contributed by atoms with Crippen molar-refractivity contribution in [3.8, 4) is 0 Å². The maximum Gasteiger partial charge on any atom is 0.242 e. The summed E-state index contributed by atoms with van der Waals surface area (Å²) in [4.78, 5) is 25.6. The quantitative estimate of drug-likeness (QED) is 0.721. The van der Waals surface area contributed by atoms with E-state index in [1.165, 1.54) is 0 Å². The number of amides is 2. The number of hydrogen-bond acceptors (Lipinski definition) is 4. The third-order valence-electron chi connectivity index (χ3n) is 3.63. The molecule has 1 atom stereocenters. The highest BCUT2D eigenvalue weighted by molar-refractivity contribution is 5.87. The molecular weight excluding hydrogens is 246 g/mol. The molecule has 2 aliphatic heterocycles. The molecule has 2 aliphatic rings. The molecule has 6 nitrogen and oxygen atoms in total. The zero-order valence-corrected chi connectivity index (χ0v) is 11.3. The van der Waals surface area contributed by atoms with Gasteiger partial charge in [-0.15, -0.1) is 0 Å². The van der Waals surface area contributed by atoms with Crippen molar-refractivity contribution in [2.24, 2.45) is 0 Å². The fourth-order valence-corrected chi connectivity index (χ4v) is 2.45. The summed E-state index contributed by atoms with van der Waals surface area (Å²) in [6.45, 7) is 4.87. The Hall–Kier alpha value is -1.14. The van der Waals surface area contributed by atoms with Gasteiger partial charge in [0.15, 0.2) is 0 Å². The van der Waals surface area contributed by atoms with Crippen molar-refractivity contribution in [2.75, 3.05) is 39.4 Å². The van der Waals surface area contributed by atoms with Crippen LogP contribution in [0.25, 0.3) is 0 Å². The number of nitrogens with one attached hydrogen (secondary N) is 2. The number of nitrogens with zero attached hydrogens (tertiary/aromatic N) is 1. The molecule has 6 heteroatoms. The van der Waals surface area contributed by atoms with Crippen LogP contribution in [0.4, 0.5) is 0 Å². The second-order valence-electron chi connectivity index (χ2n) is 5.11. The Morgan fingerprint density at radius 3 is 2.95 bits per heavy atom. The first kappa shape index (κ1) is 14.3. The van der Waals surface area contributed by atoms with Crippen molar-refractivity contribution in [3.05, 3.63) is 0 Å². The number of ether oxygens (including phenoxy) is 1. The third-order valence-corrected chi connectivity index (χ3v) is 3.63. The van der Waals surface area contributed by atoms with Gasteiger partial charge in [-0.1, -0.05) is 6.42 Å². The van der Waals surface area contributed by atoms with E-state index >= 15 is 0 Å². The van der Waals surface area contributed by atoms with Crippen LogP contribution in [-0.2, 0) is 14.3 Å². The predicted molar refractivity (Wildman–Crippen MR) is 70.7 cm³/mol. The molecule has 0 bridgehead atoms. The Morgan fingerprint density at radius 2 is 2.16 bits per heavy atom. The summed E-state index contributed by atoms with van der Waals surface area (Å²) >= 11 is 0. The molecule has 19 heavy (non-hydrogen) atoms. The zero-order valence-electron chi connectivity index (χ0n) is 11.3. The molecule has 0 aromatic rings. The van der Waals surface area contributed by atoms with E-state index < -0.39 is 0 Å². The fourth-order valence-electron chi connectivity index (χ4n) is 2.45. The van der Waals surface area contributed by atoms with E-state index in [1.807, 2.05) is 0 Å². The van der Waals surface area contributed by atoms with E-state index in [-0.39, 0.29) is 17.9 Å². The Balaban J connectivity index is 1.66. The number of carbonyl (C=O) groups is 2. The normalized spacial score (nSPS) is 25.5. The van der Waals surface area contributed by atoms with Gasteiger partial charge in [-0.2, -0.15) is 0 Å². The van der Waals surface area contributed by atoms with Gasteiger partial charge < -0.3 is 15.4 Å². The highest BCUT2D eigenvalue weighted by atomic mass is 16.5. The van der Waals surface area contributed by atoms with Gasteiger partial charge in [-0.25, -0.2) is 0 Å². The fraction of sp³-hybridized carbons (Fsp3) is 0.846. The predicted octanol–water partition coefficient (Wildman–Crippen LogP) is -0.506.